The van der Waals surface area contributed by atoms with Gasteiger partial charge in [-0.2, -0.15) is 0 Å². The van der Waals surface area contributed by atoms with Gasteiger partial charge in [0.1, 0.15) is 11.5 Å². The average molecular weight is 443 g/mol. The fourth-order valence-electron chi connectivity index (χ4n) is 4.34. The van der Waals surface area contributed by atoms with Crippen molar-refractivity contribution in [2.24, 2.45) is 7.05 Å². The fourth-order valence-corrected chi connectivity index (χ4v) is 4.34. The maximum Gasteiger partial charge on any atom is 0.223 e. The first kappa shape index (κ1) is 21.3. The Morgan fingerprint density at radius 1 is 1.03 bits per heavy atom. The molecule has 33 heavy (non-hydrogen) atoms. The summed E-state index contributed by atoms with van der Waals surface area (Å²) in [7, 11) is 1.93. The molecule has 4 aromatic rings. The second-order valence-corrected chi connectivity index (χ2v) is 8.51. The van der Waals surface area contributed by atoms with Crippen LogP contribution in [0.4, 0.5) is 10.3 Å². The SMILES string of the molecule is Cn1ccnc1-c1nc(NC2CCN(Cc3ccccc3)CC2)ncc1-c1cccc(F)c1. The van der Waals surface area contributed by atoms with Gasteiger partial charge < -0.3 is 9.88 Å². The van der Waals surface area contributed by atoms with Crippen LogP contribution < -0.4 is 5.32 Å². The van der Waals surface area contributed by atoms with Crippen LogP contribution in [-0.2, 0) is 13.6 Å². The molecule has 0 atom stereocenters. The molecule has 0 amide bonds. The van der Waals surface area contributed by atoms with E-state index in [1.165, 1.54) is 17.7 Å². The van der Waals surface area contributed by atoms with E-state index in [1.54, 1.807) is 18.5 Å². The van der Waals surface area contributed by atoms with Crippen molar-refractivity contribution < 1.29 is 4.39 Å². The minimum Gasteiger partial charge on any atom is -0.351 e. The van der Waals surface area contributed by atoms with Crippen molar-refractivity contribution in [3.05, 3.63) is 84.6 Å². The van der Waals surface area contributed by atoms with Crippen molar-refractivity contribution in [2.45, 2.75) is 25.4 Å². The monoisotopic (exact) mass is 442 g/mol. The summed E-state index contributed by atoms with van der Waals surface area (Å²) >= 11 is 0. The van der Waals surface area contributed by atoms with E-state index in [0.29, 0.717) is 17.7 Å². The smallest absolute Gasteiger partial charge is 0.223 e. The van der Waals surface area contributed by atoms with Crippen LogP contribution >= 0.6 is 0 Å². The van der Waals surface area contributed by atoms with Crippen LogP contribution in [0.3, 0.4) is 0 Å². The summed E-state index contributed by atoms with van der Waals surface area (Å²) in [5.41, 5.74) is 3.52. The Labute approximate surface area is 193 Å². The Morgan fingerprint density at radius 2 is 1.85 bits per heavy atom. The van der Waals surface area contributed by atoms with Crippen molar-refractivity contribution in [3.63, 3.8) is 0 Å². The normalized spacial score (nSPS) is 15.0. The molecule has 0 bridgehead atoms. The molecule has 0 spiro atoms. The minimum absolute atomic E-state index is 0.289. The highest BCUT2D eigenvalue weighted by molar-refractivity contribution is 5.78. The van der Waals surface area contributed by atoms with Crippen LogP contribution in [0.2, 0.25) is 0 Å². The molecule has 1 saturated heterocycles. The van der Waals surface area contributed by atoms with Crippen LogP contribution in [-0.4, -0.2) is 43.6 Å². The summed E-state index contributed by atoms with van der Waals surface area (Å²) in [5, 5.41) is 3.52. The highest BCUT2D eigenvalue weighted by Crippen LogP contribution is 2.30. The van der Waals surface area contributed by atoms with Gasteiger partial charge in [-0.3, -0.25) is 4.90 Å². The topological polar surface area (TPSA) is 58.9 Å². The molecule has 7 heteroatoms. The number of hydrogen-bond acceptors (Lipinski definition) is 5. The number of anilines is 1. The third-order valence-electron chi connectivity index (χ3n) is 6.13. The van der Waals surface area contributed by atoms with Crippen LogP contribution in [0.1, 0.15) is 18.4 Å². The van der Waals surface area contributed by atoms with E-state index in [4.69, 9.17) is 4.98 Å². The molecule has 1 N–H and O–H groups in total. The van der Waals surface area contributed by atoms with E-state index in [2.05, 4.69) is 50.5 Å². The van der Waals surface area contributed by atoms with Crippen molar-refractivity contribution in [1.29, 1.82) is 0 Å². The number of aryl methyl sites for hydroxylation is 1. The summed E-state index contributed by atoms with van der Waals surface area (Å²) < 4.78 is 15.8. The van der Waals surface area contributed by atoms with E-state index in [0.717, 1.165) is 49.4 Å². The van der Waals surface area contributed by atoms with E-state index in [9.17, 15) is 4.39 Å². The number of nitrogens with one attached hydrogen (secondary N) is 1. The first-order chi connectivity index (χ1) is 16.2. The lowest BCUT2D eigenvalue weighted by molar-refractivity contribution is 0.211. The van der Waals surface area contributed by atoms with Crippen molar-refractivity contribution in [1.82, 2.24) is 24.4 Å². The maximum atomic E-state index is 13.9. The van der Waals surface area contributed by atoms with E-state index in [1.807, 2.05) is 23.9 Å². The predicted octanol–water partition coefficient (Wildman–Crippen LogP) is 4.76. The number of nitrogens with zero attached hydrogens (tertiary/aromatic N) is 5. The van der Waals surface area contributed by atoms with Gasteiger partial charge in [-0.05, 0) is 36.1 Å². The van der Waals surface area contributed by atoms with Gasteiger partial charge >= 0.3 is 0 Å². The van der Waals surface area contributed by atoms with Crippen LogP contribution in [0, 0.1) is 5.82 Å². The molecule has 168 valence electrons. The highest BCUT2D eigenvalue weighted by atomic mass is 19.1. The molecule has 5 rings (SSSR count). The summed E-state index contributed by atoms with van der Waals surface area (Å²) in [6.07, 6.45) is 7.43. The van der Waals surface area contributed by atoms with Gasteiger partial charge in [-0.25, -0.2) is 19.3 Å². The van der Waals surface area contributed by atoms with Gasteiger partial charge in [-0.15, -0.1) is 0 Å². The van der Waals surface area contributed by atoms with E-state index >= 15 is 0 Å². The van der Waals surface area contributed by atoms with E-state index in [-0.39, 0.29) is 5.82 Å². The molecule has 1 fully saturated rings. The van der Waals surface area contributed by atoms with Gasteiger partial charge in [-0.1, -0.05) is 42.5 Å². The Balaban J connectivity index is 1.33. The van der Waals surface area contributed by atoms with Gasteiger partial charge in [0.2, 0.25) is 5.95 Å². The van der Waals surface area contributed by atoms with E-state index < -0.39 is 0 Å². The van der Waals surface area contributed by atoms with Gasteiger partial charge in [0.25, 0.3) is 0 Å². The Hall–Kier alpha value is -3.58. The largest absolute Gasteiger partial charge is 0.351 e. The summed E-state index contributed by atoms with van der Waals surface area (Å²) in [6, 6.07) is 17.4. The number of imidazole rings is 1. The number of aromatic nitrogens is 4. The molecule has 6 nitrogen and oxygen atoms in total. The Morgan fingerprint density at radius 3 is 2.58 bits per heavy atom. The molecule has 0 unspecified atom stereocenters. The number of benzene rings is 2. The number of halogens is 1. The highest BCUT2D eigenvalue weighted by Gasteiger charge is 2.21. The number of piperidine rings is 1. The lowest BCUT2D eigenvalue weighted by Crippen LogP contribution is -2.39. The van der Waals surface area contributed by atoms with Gasteiger partial charge in [0.15, 0.2) is 5.82 Å². The van der Waals surface area contributed by atoms with Crippen LogP contribution in [0.15, 0.2) is 73.2 Å². The second kappa shape index (κ2) is 9.50. The first-order valence-corrected chi connectivity index (χ1v) is 11.3. The third-order valence-corrected chi connectivity index (χ3v) is 6.13. The molecule has 1 aliphatic heterocycles. The third kappa shape index (κ3) is 4.93. The quantitative estimate of drug-likeness (QED) is 0.467. The first-order valence-electron chi connectivity index (χ1n) is 11.3. The summed E-state index contributed by atoms with van der Waals surface area (Å²) in [6.45, 7) is 3.04. The molecule has 3 heterocycles. The minimum atomic E-state index is -0.289. The molecule has 0 aliphatic carbocycles. The molecular formula is C26H27FN6. The summed E-state index contributed by atoms with van der Waals surface area (Å²) in [5.74, 6) is 1.01. The Bertz CT molecular complexity index is 1210. The standard InChI is InChI=1S/C26H27FN6/c1-32-15-12-28-25(32)24-23(20-8-5-9-21(27)16-20)17-29-26(31-24)30-22-10-13-33(14-11-22)18-19-6-3-2-4-7-19/h2-9,12,15-17,22H,10-11,13-14,18H2,1H3,(H,29,30,31). The number of hydrogen-bond donors (Lipinski definition) is 1. The zero-order chi connectivity index (χ0) is 22.6. The van der Waals surface area contributed by atoms with Crippen molar-refractivity contribution in [3.8, 4) is 22.6 Å². The predicted molar refractivity (Wildman–Crippen MR) is 128 cm³/mol. The molecule has 0 radical (unpaired) electrons. The summed E-state index contributed by atoms with van der Waals surface area (Å²) in [4.78, 5) is 16.4. The average Bonchev–Trinajstić information content (AvgIpc) is 3.27. The van der Waals surface area contributed by atoms with Crippen LogP contribution in [0.5, 0.6) is 0 Å². The van der Waals surface area contributed by atoms with Crippen LogP contribution in [0.25, 0.3) is 22.6 Å². The lowest BCUT2D eigenvalue weighted by atomic mass is 10.0. The van der Waals surface area contributed by atoms with Crippen molar-refractivity contribution >= 4 is 5.95 Å². The molecule has 0 saturated carbocycles. The molecule has 2 aromatic heterocycles. The van der Waals surface area contributed by atoms with Gasteiger partial charge in [0.05, 0.1) is 0 Å². The second-order valence-electron chi connectivity index (χ2n) is 8.51. The zero-order valence-corrected chi connectivity index (χ0v) is 18.7. The molecule has 1 aliphatic rings. The zero-order valence-electron chi connectivity index (χ0n) is 18.7. The fraction of sp³-hybridized carbons (Fsp3) is 0.269. The molecule has 2 aromatic carbocycles. The Kier molecular flexibility index (Phi) is 6.13. The molecular weight excluding hydrogens is 415 g/mol. The number of rotatable bonds is 6. The maximum absolute atomic E-state index is 13.9. The van der Waals surface area contributed by atoms with Crippen molar-refractivity contribution in [2.75, 3.05) is 18.4 Å². The van der Waals surface area contributed by atoms with Gasteiger partial charge in [0, 0.05) is 56.9 Å². The lowest BCUT2D eigenvalue weighted by Gasteiger charge is -2.32. The number of likely N-dealkylation sites (tertiary alicyclic amines) is 1.